The van der Waals surface area contributed by atoms with Gasteiger partial charge < -0.3 is 4.74 Å². The highest BCUT2D eigenvalue weighted by molar-refractivity contribution is 7.89. The molecule has 0 aliphatic carbocycles. The van der Waals surface area contributed by atoms with Crippen LogP contribution in [0.2, 0.25) is 10.0 Å². The molecule has 2 aromatic carbocycles. The van der Waals surface area contributed by atoms with Crippen LogP contribution in [0, 0.1) is 0 Å². The highest BCUT2D eigenvalue weighted by Crippen LogP contribution is 2.33. The predicted molar refractivity (Wildman–Crippen MR) is 88.3 cm³/mol. The highest BCUT2D eigenvalue weighted by Gasteiger charge is 2.20. The Kier molecular flexibility index (Phi) is 5.69. The summed E-state index contributed by atoms with van der Waals surface area (Å²) in [5, 5.41) is 0.254. The van der Waals surface area contributed by atoms with Crippen molar-refractivity contribution in [3.05, 3.63) is 58.1 Å². The smallest absolute Gasteiger partial charge is 0.242 e. The molecule has 1 N–H and O–H groups in total. The fourth-order valence-electron chi connectivity index (χ4n) is 1.92. The summed E-state index contributed by atoms with van der Waals surface area (Å²) in [6.07, 6.45) is 0.585. The van der Waals surface area contributed by atoms with E-state index in [0.717, 1.165) is 5.56 Å². The van der Waals surface area contributed by atoms with Gasteiger partial charge in [0.1, 0.15) is 10.6 Å². The Morgan fingerprint density at radius 3 is 2.41 bits per heavy atom. The molecule has 0 radical (unpaired) electrons. The number of hydrogen-bond donors (Lipinski definition) is 1. The van der Waals surface area contributed by atoms with Crippen molar-refractivity contribution in [3.63, 3.8) is 0 Å². The minimum absolute atomic E-state index is 0.0620. The topological polar surface area (TPSA) is 55.4 Å². The number of ether oxygens (including phenoxy) is 1. The molecule has 7 heteroatoms. The van der Waals surface area contributed by atoms with Gasteiger partial charge in [-0.05, 0) is 18.1 Å². The van der Waals surface area contributed by atoms with Crippen LogP contribution < -0.4 is 9.46 Å². The van der Waals surface area contributed by atoms with Gasteiger partial charge in [0.25, 0.3) is 0 Å². The van der Waals surface area contributed by atoms with Crippen molar-refractivity contribution >= 4 is 33.2 Å². The highest BCUT2D eigenvalue weighted by atomic mass is 35.5. The minimum Gasteiger partial charge on any atom is -0.495 e. The lowest BCUT2D eigenvalue weighted by Gasteiger charge is -2.11. The summed E-state index contributed by atoms with van der Waals surface area (Å²) in [7, 11) is -2.30. The lowest BCUT2D eigenvalue weighted by Crippen LogP contribution is -2.26. The minimum atomic E-state index is -3.73. The van der Waals surface area contributed by atoms with Crippen molar-refractivity contribution in [2.75, 3.05) is 13.7 Å². The predicted octanol–water partition coefficient (Wildman–Crippen LogP) is 3.52. The molecule has 0 saturated carbocycles. The Morgan fingerprint density at radius 2 is 1.77 bits per heavy atom. The van der Waals surface area contributed by atoms with Crippen molar-refractivity contribution < 1.29 is 13.2 Å². The average molecular weight is 360 g/mol. The standard InChI is InChI=1S/C15H15Cl2NO3S/c1-21-14-9-13(17)15(10-12(14)16)22(19,20)18-8-7-11-5-3-2-4-6-11/h2-6,9-10,18H,7-8H2,1H3. The molecule has 0 fully saturated rings. The molecule has 0 amide bonds. The number of sulfonamides is 1. The maximum atomic E-state index is 12.3. The summed E-state index contributed by atoms with van der Waals surface area (Å²) in [5.74, 6) is 0.329. The molecule has 0 aliphatic rings. The summed E-state index contributed by atoms with van der Waals surface area (Å²) in [6, 6.07) is 12.3. The maximum absolute atomic E-state index is 12.3. The van der Waals surface area contributed by atoms with Crippen molar-refractivity contribution in [3.8, 4) is 5.75 Å². The van der Waals surface area contributed by atoms with E-state index < -0.39 is 10.0 Å². The van der Waals surface area contributed by atoms with E-state index >= 15 is 0 Å². The van der Waals surface area contributed by atoms with Gasteiger partial charge in [-0.3, -0.25) is 0 Å². The molecule has 0 saturated heterocycles. The zero-order valence-corrected chi connectivity index (χ0v) is 14.2. The first-order valence-electron chi connectivity index (χ1n) is 6.50. The molecular weight excluding hydrogens is 345 g/mol. The lowest BCUT2D eigenvalue weighted by molar-refractivity contribution is 0.414. The van der Waals surface area contributed by atoms with Gasteiger partial charge in [-0.15, -0.1) is 0 Å². The van der Waals surface area contributed by atoms with E-state index in [1.807, 2.05) is 30.3 Å². The first-order chi connectivity index (χ1) is 10.4. The molecule has 118 valence electrons. The van der Waals surface area contributed by atoms with Crippen molar-refractivity contribution in [2.45, 2.75) is 11.3 Å². The van der Waals surface area contributed by atoms with Gasteiger partial charge >= 0.3 is 0 Å². The molecule has 0 atom stereocenters. The van der Waals surface area contributed by atoms with Crippen LogP contribution in [0.25, 0.3) is 0 Å². The molecule has 0 spiro atoms. The summed E-state index contributed by atoms with van der Waals surface area (Å²) >= 11 is 12.0. The average Bonchev–Trinajstić information content (AvgIpc) is 2.50. The third-order valence-electron chi connectivity index (χ3n) is 3.04. The number of rotatable bonds is 6. The Labute approximate surface area is 140 Å². The number of hydrogen-bond acceptors (Lipinski definition) is 3. The van der Waals surface area contributed by atoms with E-state index in [9.17, 15) is 8.42 Å². The Hall–Kier alpha value is -1.27. The second kappa shape index (κ2) is 7.33. The van der Waals surface area contributed by atoms with Gasteiger partial charge in [0.2, 0.25) is 10.0 Å². The summed E-state index contributed by atoms with van der Waals surface area (Å²) < 4.78 is 32.1. The largest absolute Gasteiger partial charge is 0.495 e. The van der Waals surface area contributed by atoms with Crippen molar-refractivity contribution in [1.29, 1.82) is 0 Å². The van der Waals surface area contributed by atoms with E-state index in [4.69, 9.17) is 27.9 Å². The number of halogens is 2. The zero-order chi connectivity index (χ0) is 16.2. The molecular formula is C15H15Cl2NO3S. The van der Waals surface area contributed by atoms with E-state index in [1.165, 1.54) is 19.2 Å². The number of methoxy groups -OCH3 is 1. The molecule has 2 rings (SSSR count). The van der Waals surface area contributed by atoms with Gasteiger partial charge in [-0.2, -0.15) is 0 Å². The Bertz CT molecular complexity index is 749. The number of nitrogens with one attached hydrogen (secondary N) is 1. The molecule has 0 bridgehead atoms. The molecule has 0 aliphatic heterocycles. The maximum Gasteiger partial charge on any atom is 0.242 e. The van der Waals surface area contributed by atoms with Crippen LogP contribution in [-0.2, 0) is 16.4 Å². The Morgan fingerprint density at radius 1 is 1.09 bits per heavy atom. The summed E-state index contributed by atoms with van der Waals surface area (Å²) in [6.45, 7) is 0.270. The zero-order valence-electron chi connectivity index (χ0n) is 11.8. The quantitative estimate of drug-likeness (QED) is 0.858. The normalized spacial score (nSPS) is 11.4. The first-order valence-corrected chi connectivity index (χ1v) is 8.74. The fourth-order valence-corrected chi connectivity index (χ4v) is 3.80. The number of benzene rings is 2. The van der Waals surface area contributed by atoms with Crippen LogP contribution in [0.3, 0.4) is 0 Å². The molecule has 0 unspecified atom stereocenters. The molecule has 0 aromatic heterocycles. The van der Waals surface area contributed by atoms with Gasteiger partial charge in [-0.1, -0.05) is 53.5 Å². The monoisotopic (exact) mass is 359 g/mol. The summed E-state index contributed by atoms with van der Waals surface area (Å²) in [4.78, 5) is -0.0620. The van der Waals surface area contributed by atoms with Crippen LogP contribution >= 0.6 is 23.2 Å². The van der Waals surface area contributed by atoms with E-state index in [1.54, 1.807) is 0 Å². The van der Waals surface area contributed by atoms with Gasteiger partial charge in [0.05, 0.1) is 17.2 Å². The third-order valence-corrected chi connectivity index (χ3v) is 5.27. The second-order valence-corrected chi connectivity index (χ2v) is 7.10. The van der Waals surface area contributed by atoms with E-state index in [-0.39, 0.29) is 21.5 Å². The first kappa shape index (κ1) is 17.1. The van der Waals surface area contributed by atoms with Crippen LogP contribution in [0.4, 0.5) is 0 Å². The van der Waals surface area contributed by atoms with Gasteiger partial charge in [0.15, 0.2) is 0 Å². The second-order valence-electron chi connectivity index (χ2n) is 4.55. The van der Waals surface area contributed by atoms with E-state index in [2.05, 4.69) is 4.72 Å². The van der Waals surface area contributed by atoms with Gasteiger partial charge in [0, 0.05) is 12.6 Å². The fraction of sp³-hybridized carbons (Fsp3) is 0.200. The molecule has 2 aromatic rings. The van der Waals surface area contributed by atoms with Crippen LogP contribution in [0.15, 0.2) is 47.4 Å². The lowest BCUT2D eigenvalue weighted by atomic mass is 10.2. The van der Waals surface area contributed by atoms with E-state index in [0.29, 0.717) is 12.2 Å². The van der Waals surface area contributed by atoms with Crippen molar-refractivity contribution in [1.82, 2.24) is 4.72 Å². The molecule has 0 heterocycles. The van der Waals surface area contributed by atoms with Crippen LogP contribution in [0.5, 0.6) is 5.75 Å². The summed E-state index contributed by atoms with van der Waals surface area (Å²) in [5.41, 5.74) is 1.05. The third kappa shape index (κ3) is 4.14. The van der Waals surface area contributed by atoms with Crippen LogP contribution in [0.1, 0.15) is 5.56 Å². The molecule has 4 nitrogen and oxygen atoms in total. The Balaban J connectivity index is 2.12. The van der Waals surface area contributed by atoms with Crippen molar-refractivity contribution in [2.24, 2.45) is 0 Å². The van der Waals surface area contributed by atoms with Crippen LogP contribution in [-0.4, -0.2) is 22.1 Å². The van der Waals surface area contributed by atoms with Gasteiger partial charge in [-0.25, -0.2) is 13.1 Å². The SMILES string of the molecule is COc1cc(Cl)c(S(=O)(=O)NCCc2ccccc2)cc1Cl. The molecule has 22 heavy (non-hydrogen) atoms.